The van der Waals surface area contributed by atoms with Crippen molar-refractivity contribution in [1.29, 1.82) is 0 Å². The Hall–Kier alpha value is -6.44. The molecule has 1 nitrogen and oxygen atoms in total. The molecule has 0 bridgehead atoms. The predicted molar refractivity (Wildman–Crippen MR) is 208 cm³/mol. The first-order chi connectivity index (χ1) is 31.4. The van der Waals surface area contributed by atoms with Crippen LogP contribution in [0.1, 0.15) is 23.3 Å². The molecule has 1 heteroatoms. The zero-order chi connectivity index (χ0) is 47.1. The van der Waals surface area contributed by atoms with E-state index < -0.39 is 103 Å². The lowest BCUT2D eigenvalue weighted by molar-refractivity contribution is 0.673. The highest BCUT2D eigenvalue weighted by atomic mass is 16.3. The number of hydrogen-bond acceptors (Lipinski definition) is 1. The van der Waals surface area contributed by atoms with Crippen LogP contribution in [0, 0.1) is 0 Å². The Bertz CT molecular complexity index is 3760. The van der Waals surface area contributed by atoms with E-state index in [2.05, 4.69) is 0 Å². The standard InChI is InChI=1S/C48H30O/c1-2-13-31(14-3-1)32-25-27-34(28-26-32)35-16-6-7-18-37(35)45-38-19-8-10-21-40(38)46(41-22-11-9-20-39(41)45)42-23-12-24-44-47(42)43-30-29-33-15-4-5-17-36(33)48(43)49-44/h1-30H/i4D,5D,6D,7D,12D,15D,16D,17D,18D,23D,24D,25D,26D,27D,28D,29D,30D. The summed E-state index contributed by atoms with van der Waals surface area (Å²) in [5.41, 5.74) is -0.364. The summed E-state index contributed by atoms with van der Waals surface area (Å²) >= 11 is 0. The van der Waals surface area contributed by atoms with Gasteiger partial charge in [-0.15, -0.1) is 0 Å². The number of benzene rings is 9. The quantitative estimate of drug-likeness (QED) is 0.175. The van der Waals surface area contributed by atoms with Crippen LogP contribution in [0.25, 0.3) is 98.8 Å². The molecule has 0 aliphatic carbocycles. The van der Waals surface area contributed by atoms with Gasteiger partial charge in [0.25, 0.3) is 0 Å². The third-order valence-corrected chi connectivity index (χ3v) is 8.81. The molecule has 1 heterocycles. The molecule has 0 saturated heterocycles. The van der Waals surface area contributed by atoms with Crippen LogP contribution in [0.5, 0.6) is 0 Å². The second-order valence-corrected chi connectivity index (χ2v) is 11.5. The van der Waals surface area contributed by atoms with Crippen LogP contribution < -0.4 is 0 Å². The summed E-state index contributed by atoms with van der Waals surface area (Å²) in [6, 6.07) is 12.6. The average molecular weight is 640 g/mol. The van der Waals surface area contributed by atoms with E-state index >= 15 is 0 Å². The van der Waals surface area contributed by atoms with Gasteiger partial charge in [0.1, 0.15) is 11.2 Å². The molecule has 228 valence electrons. The Morgan fingerprint density at radius 1 is 0.367 bits per heavy atom. The fraction of sp³-hybridized carbons (Fsp3) is 0. The zero-order valence-corrected chi connectivity index (χ0v) is 25.4. The maximum atomic E-state index is 9.53. The Morgan fingerprint density at radius 3 is 1.65 bits per heavy atom. The highest BCUT2D eigenvalue weighted by Gasteiger charge is 2.22. The topological polar surface area (TPSA) is 13.1 Å². The van der Waals surface area contributed by atoms with E-state index in [1.165, 1.54) is 0 Å². The van der Waals surface area contributed by atoms with Crippen molar-refractivity contribution in [2.24, 2.45) is 0 Å². The lowest BCUT2D eigenvalue weighted by atomic mass is 9.83. The molecule has 0 radical (unpaired) electrons. The van der Waals surface area contributed by atoms with Crippen molar-refractivity contribution in [3.63, 3.8) is 0 Å². The molecule has 49 heavy (non-hydrogen) atoms. The molecule has 0 aliphatic heterocycles. The summed E-state index contributed by atoms with van der Waals surface area (Å²) in [4.78, 5) is 0. The summed E-state index contributed by atoms with van der Waals surface area (Å²) in [6.45, 7) is 0. The van der Waals surface area contributed by atoms with Gasteiger partial charge in [0.05, 0.1) is 23.3 Å². The number of rotatable bonds is 4. The van der Waals surface area contributed by atoms with E-state index in [0.29, 0.717) is 27.1 Å². The number of furan rings is 1. The van der Waals surface area contributed by atoms with Crippen LogP contribution in [0.4, 0.5) is 0 Å². The van der Waals surface area contributed by atoms with Crippen molar-refractivity contribution in [1.82, 2.24) is 0 Å². The van der Waals surface area contributed by atoms with E-state index in [4.69, 9.17) is 19.5 Å². The summed E-state index contributed by atoms with van der Waals surface area (Å²) in [5, 5.41) is 0.737. The summed E-state index contributed by atoms with van der Waals surface area (Å²) in [7, 11) is 0. The third-order valence-electron chi connectivity index (χ3n) is 8.81. The summed E-state index contributed by atoms with van der Waals surface area (Å²) in [5.74, 6) is 0. The Morgan fingerprint density at radius 2 is 0.939 bits per heavy atom. The summed E-state index contributed by atoms with van der Waals surface area (Å²) < 4.78 is 160. The Kier molecular flexibility index (Phi) is 3.54. The fourth-order valence-electron chi connectivity index (χ4n) is 6.70. The van der Waals surface area contributed by atoms with Crippen LogP contribution in [0.3, 0.4) is 0 Å². The van der Waals surface area contributed by atoms with Crippen molar-refractivity contribution in [2.75, 3.05) is 0 Å². The molecular formula is C48H30O. The van der Waals surface area contributed by atoms with Crippen LogP contribution in [-0.2, 0) is 0 Å². The molecule has 0 unspecified atom stereocenters. The Balaban J connectivity index is 1.40. The minimum atomic E-state index is -0.670. The van der Waals surface area contributed by atoms with Gasteiger partial charge >= 0.3 is 0 Å². The zero-order valence-electron chi connectivity index (χ0n) is 42.4. The molecule has 10 rings (SSSR count). The predicted octanol–water partition coefficient (Wildman–Crippen LogP) is 13.7. The SMILES string of the molecule is [2H]c1c([2H])c([2H])c(-c2c3ccccc3c(-c3c([2H])c([2H])c([2H])c4oc5c6c([2H])c([2H])c([2H])c([2H])c6c([2H])c([2H])c5c34)c3ccccc23)c(-c2c([2H])c([2H])c(-c3ccccc3)c([2H])c2[2H])c1[2H]. The second-order valence-electron chi connectivity index (χ2n) is 11.5. The van der Waals surface area contributed by atoms with Gasteiger partial charge in [0.15, 0.2) is 0 Å². The molecule has 0 atom stereocenters. The smallest absolute Gasteiger partial charge is 0.143 e. The van der Waals surface area contributed by atoms with Crippen LogP contribution in [0.15, 0.2) is 186 Å². The lowest BCUT2D eigenvalue weighted by Gasteiger charge is -2.20. The molecule has 9 aromatic carbocycles. The fourth-order valence-corrected chi connectivity index (χ4v) is 6.70. The summed E-state index contributed by atoms with van der Waals surface area (Å²) in [6.07, 6.45) is 0. The van der Waals surface area contributed by atoms with Crippen LogP contribution in [0.2, 0.25) is 0 Å². The molecule has 1 aromatic heterocycles. The van der Waals surface area contributed by atoms with Gasteiger partial charge in [-0.05, 0) is 83.5 Å². The van der Waals surface area contributed by atoms with Gasteiger partial charge in [0, 0.05) is 16.2 Å². The van der Waals surface area contributed by atoms with E-state index in [1.54, 1.807) is 78.9 Å². The van der Waals surface area contributed by atoms with Gasteiger partial charge in [-0.2, -0.15) is 0 Å². The molecule has 0 amide bonds. The van der Waals surface area contributed by atoms with Gasteiger partial charge in [-0.25, -0.2) is 0 Å². The highest BCUT2D eigenvalue weighted by Crippen LogP contribution is 2.48. The van der Waals surface area contributed by atoms with Gasteiger partial charge in [-0.3, -0.25) is 0 Å². The van der Waals surface area contributed by atoms with Gasteiger partial charge in [-0.1, -0.05) is 169 Å². The first-order valence-corrected chi connectivity index (χ1v) is 15.5. The van der Waals surface area contributed by atoms with Crippen molar-refractivity contribution in [3.8, 4) is 44.5 Å². The molecular weight excluding hydrogens is 593 g/mol. The maximum absolute atomic E-state index is 9.53. The van der Waals surface area contributed by atoms with Crippen molar-refractivity contribution in [3.05, 3.63) is 182 Å². The minimum Gasteiger partial charge on any atom is -0.455 e. The molecule has 0 aliphatic rings. The van der Waals surface area contributed by atoms with Gasteiger partial charge in [0.2, 0.25) is 0 Å². The van der Waals surface area contributed by atoms with E-state index in [-0.39, 0.29) is 71.7 Å². The molecule has 10 aromatic rings. The van der Waals surface area contributed by atoms with Crippen molar-refractivity contribution >= 4 is 54.3 Å². The average Bonchev–Trinajstić information content (AvgIpc) is 3.72. The minimum absolute atomic E-state index is 0.00969. The van der Waals surface area contributed by atoms with Crippen LogP contribution >= 0.6 is 0 Å². The van der Waals surface area contributed by atoms with E-state index in [9.17, 15) is 8.22 Å². The molecule has 0 N–H and O–H groups in total. The lowest BCUT2D eigenvalue weighted by Crippen LogP contribution is -1.93. The normalized spacial score (nSPS) is 16.5. The molecule has 0 saturated carbocycles. The largest absolute Gasteiger partial charge is 0.455 e. The Labute approximate surface area is 308 Å². The molecule has 0 fully saturated rings. The van der Waals surface area contributed by atoms with Crippen molar-refractivity contribution < 1.29 is 27.7 Å². The maximum Gasteiger partial charge on any atom is 0.143 e. The van der Waals surface area contributed by atoms with E-state index in [1.807, 2.05) is 0 Å². The number of hydrogen-bond donors (Lipinski definition) is 0. The first kappa shape index (κ1) is 15.6. The van der Waals surface area contributed by atoms with Crippen LogP contribution in [-0.4, -0.2) is 0 Å². The second kappa shape index (κ2) is 11.1. The van der Waals surface area contributed by atoms with E-state index in [0.717, 1.165) is 0 Å². The number of fused-ring (bicyclic) bond motifs is 7. The highest BCUT2D eigenvalue weighted by molar-refractivity contribution is 6.27. The third kappa shape index (κ3) is 4.33. The van der Waals surface area contributed by atoms with Gasteiger partial charge < -0.3 is 4.42 Å². The monoisotopic (exact) mass is 639 g/mol. The molecule has 0 spiro atoms. The first-order valence-electron chi connectivity index (χ1n) is 24.0. The van der Waals surface area contributed by atoms with Crippen molar-refractivity contribution in [2.45, 2.75) is 0 Å².